The third kappa shape index (κ3) is 1.69. The van der Waals surface area contributed by atoms with Crippen LogP contribution in [-0.2, 0) is 14.3 Å². The highest BCUT2D eigenvalue weighted by molar-refractivity contribution is 5.79. The lowest BCUT2D eigenvalue weighted by Crippen LogP contribution is -2.58. The molecule has 13 heavy (non-hydrogen) atoms. The van der Waals surface area contributed by atoms with Crippen molar-refractivity contribution in [3.63, 3.8) is 0 Å². The Hall–Kier alpha value is -0.610. The molecule has 76 valence electrons. The Morgan fingerprint density at radius 2 is 2.00 bits per heavy atom. The van der Waals surface area contributed by atoms with Gasteiger partial charge in [-0.25, -0.2) is 4.79 Å². The second-order valence-corrected chi connectivity index (χ2v) is 4.28. The van der Waals surface area contributed by atoms with Crippen LogP contribution in [0.3, 0.4) is 0 Å². The molecule has 0 spiro atoms. The average Bonchev–Trinajstić information content (AvgIpc) is 2.03. The normalized spacial score (nSPS) is 30.1. The molecule has 0 radical (unpaired) electrons. The van der Waals surface area contributed by atoms with Gasteiger partial charge in [0.1, 0.15) is 0 Å². The SMILES string of the molecule is CC(C)(C)C1(C(=O)O)COCCO1. The number of aliphatic carboxylic acids is 1. The maximum atomic E-state index is 11.1. The van der Waals surface area contributed by atoms with Crippen molar-refractivity contribution in [1.29, 1.82) is 0 Å². The highest BCUT2D eigenvalue weighted by atomic mass is 16.6. The monoisotopic (exact) mass is 188 g/mol. The Morgan fingerprint density at radius 1 is 1.38 bits per heavy atom. The van der Waals surface area contributed by atoms with E-state index in [1.54, 1.807) is 0 Å². The van der Waals surface area contributed by atoms with Crippen molar-refractivity contribution in [3.8, 4) is 0 Å². The zero-order valence-electron chi connectivity index (χ0n) is 8.29. The van der Waals surface area contributed by atoms with Gasteiger partial charge in [0.05, 0.1) is 19.8 Å². The first-order valence-electron chi connectivity index (χ1n) is 4.35. The Kier molecular flexibility index (Phi) is 2.63. The predicted octanol–water partition coefficient (Wildman–Crippen LogP) is 0.903. The Balaban J connectivity index is 2.93. The van der Waals surface area contributed by atoms with Crippen LogP contribution >= 0.6 is 0 Å². The number of hydrogen-bond donors (Lipinski definition) is 1. The lowest BCUT2D eigenvalue weighted by atomic mass is 9.76. The van der Waals surface area contributed by atoms with Crippen molar-refractivity contribution >= 4 is 5.97 Å². The predicted molar refractivity (Wildman–Crippen MR) is 46.6 cm³/mol. The minimum absolute atomic E-state index is 0.131. The number of carboxylic acid groups (broad SMARTS) is 1. The van der Waals surface area contributed by atoms with Gasteiger partial charge in [-0.2, -0.15) is 0 Å². The molecular formula is C9H16O4. The second kappa shape index (κ2) is 3.27. The van der Waals surface area contributed by atoms with Crippen LogP contribution in [0.25, 0.3) is 0 Å². The van der Waals surface area contributed by atoms with E-state index in [0.717, 1.165) is 0 Å². The second-order valence-electron chi connectivity index (χ2n) is 4.28. The molecule has 4 heteroatoms. The number of rotatable bonds is 1. The van der Waals surface area contributed by atoms with Crippen LogP contribution in [0.15, 0.2) is 0 Å². The van der Waals surface area contributed by atoms with Gasteiger partial charge in [0, 0.05) is 5.41 Å². The molecule has 1 aliphatic heterocycles. The summed E-state index contributed by atoms with van der Waals surface area (Å²) in [6.45, 7) is 6.49. The number of carbonyl (C=O) groups is 1. The van der Waals surface area contributed by atoms with Crippen LogP contribution in [0.2, 0.25) is 0 Å². The van der Waals surface area contributed by atoms with Crippen molar-refractivity contribution in [2.75, 3.05) is 19.8 Å². The molecule has 0 aromatic carbocycles. The summed E-state index contributed by atoms with van der Waals surface area (Å²) in [6.07, 6.45) is 0. The molecule has 0 aromatic rings. The van der Waals surface area contributed by atoms with Crippen molar-refractivity contribution in [2.45, 2.75) is 26.4 Å². The fourth-order valence-electron chi connectivity index (χ4n) is 1.41. The van der Waals surface area contributed by atoms with Gasteiger partial charge in [-0.3, -0.25) is 0 Å². The first-order valence-corrected chi connectivity index (χ1v) is 4.35. The van der Waals surface area contributed by atoms with E-state index in [-0.39, 0.29) is 6.61 Å². The molecule has 0 aromatic heterocycles. The van der Waals surface area contributed by atoms with Gasteiger partial charge in [0.25, 0.3) is 0 Å². The average molecular weight is 188 g/mol. The van der Waals surface area contributed by atoms with Gasteiger partial charge in [0.2, 0.25) is 0 Å². The zero-order valence-corrected chi connectivity index (χ0v) is 8.29. The molecule has 1 saturated heterocycles. The highest BCUT2D eigenvalue weighted by Gasteiger charge is 2.51. The standard InChI is InChI=1S/C9H16O4/c1-8(2,3)9(7(10)11)6-12-4-5-13-9/h4-6H2,1-3H3,(H,10,11). The van der Waals surface area contributed by atoms with Crippen LogP contribution in [-0.4, -0.2) is 36.5 Å². The fraction of sp³-hybridized carbons (Fsp3) is 0.889. The minimum Gasteiger partial charge on any atom is -0.479 e. The Bertz CT molecular complexity index is 198. The summed E-state index contributed by atoms with van der Waals surface area (Å²) in [4.78, 5) is 11.1. The van der Waals surface area contributed by atoms with Gasteiger partial charge in [0.15, 0.2) is 5.60 Å². The van der Waals surface area contributed by atoms with E-state index < -0.39 is 17.0 Å². The molecule has 1 unspecified atom stereocenters. The third-order valence-corrected chi connectivity index (χ3v) is 2.44. The molecule has 0 saturated carbocycles. The van der Waals surface area contributed by atoms with Gasteiger partial charge in [-0.05, 0) is 0 Å². The maximum absolute atomic E-state index is 11.1. The molecule has 1 heterocycles. The van der Waals surface area contributed by atoms with Crippen molar-refractivity contribution in [3.05, 3.63) is 0 Å². The van der Waals surface area contributed by atoms with Gasteiger partial charge in [-0.1, -0.05) is 20.8 Å². The summed E-state index contributed by atoms with van der Waals surface area (Å²) < 4.78 is 10.5. The molecule has 1 atom stereocenters. The van der Waals surface area contributed by atoms with Crippen LogP contribution in [0.5, 0.6) is 0 Å². The lowest BCUT2D eigenvalue weighted by Gasteiger charge is -2.42. The topological polar surface area (TPSA) is 55.8 Å². The van der Waals surface area contributed by atoms with E-state index in [9.17, 15) is 4.79 Å². The molecule has 0 aliphatic carbocycles. The van der Waals surface area contributed by atoms with Crippen molar-refractivity contribution in [1.82, 2.24) is 0 Å². The van der Waals surface area contributed by atoms with Crippen LogP contribution in [0, 0.1) is 5.41 Å². The summed E-state index contributed by atoms with van der Waals surface area (Å²) >= 11 is 0. The largest absolute Gasteiger partial charge is 0.479 e. The van der Waals surface area contributed by atoms with Crippen LogP contribution in [0.4, 0.5) is 0 Å². The minimum atomic E-state index is -1.19. The van der Waals surface area contributed by atoms with Crippen LogP contribution in [0.1, 0.15) is 20.8 Å². The van der Waals surface area contributed by atoms with E-state index in [4.69, 9.17) is 14.6 Å². The van der Waals surface area contributed by atoms with Gasteiger partial charge >= 0.3 is 5.97 Å². The van der Waals surface area contributed by atoms with E-state index in [1.165, 1.54) is 0 Å². The molecule has 0 amide bonds. The fourth-order valence-corrected chi connectivity index (χ4v) is 1.41. The van der Waals surface area contributed by atoms with E-state index in [0.29, 0.717) is 13.2 Å². The molecule has 1 fully saturated rings. The van der Waals surface area contributed by atoms with Gasteiger partial charge in [-0.15, -0.1) is 0 Å². The summed E-state index contributed by atoms with van der Waals surface area (Å²) in [5.74, 6) is -0.945. The number of carboxylic acids is 1. The highest BCUT2D eigenvalue weighted by Crippen LogP contribution is 2.36. The van der Waals surface area contributed by atoms with Crippen molar-refractivity contribution in [2.24, 2.45) is 5.41 Å². The quantitative estimate of drug-likeness (QED) is 0.664. The number of ether oxygens (including phenoxy) is 2. The third-order valence-electron chi connectivity index (χ3n) is 2.44. The molecule has 1 aliphatic rings. The summed E-state index contributed by atoms with van der Waals surface area (Å²) in [7, 11) is 0. The smallest absolute Gasteiger partial charge is 0.338 e. The molecule has 4 nitrogen and oxygen atoms in total. The van der Waals surface area contributed by atoms with Gasteiger partial charge < -0.3 is 14.6 Å². The summed E-state index contributed by atoms with van der Waals surface area (Å²) in [5.41, 5.74) is -1.65. The van der Waals surface area contributed by atoms with Crippen molar-refractivity contribution < 1.29 is 19.4 Å². The molecular weight excluding hydrogens is 172 g/mol. The summed E-state index contributed by atoms with van der Waals surface area (Å²) in [6, 6.07) is 0. The molecule has 0 bridgehead atoms. The Labute approximate surface area is 77.8 Å². The lowest BCUT2D eigenvalue weighted by molar-refractivity contribution is -0.220. The molecule has 1 N–H and O–H groups in total. The zero-order chi connectivity index (χ0) is 10.1. The molecule has 1 rings (SSSR count). The van der Waals surface area contributed by atoms with E-state index in [1.807, 2.05) is 20.8 Å². The van der Waals surface area contributed by atoms with E-state index in [2.05, 4.69) is 0 Å². The maximum Gasteiger partial charge on any atom is 0.338 e. The Morgan fingerprint density at radius 3 is 2.23 bits per heavy atom. The first kappa shape index (κ1) is 10.5. The number of hydrogen-bond acceptors (Lipinski definition) is 3. The van der Waals surface area contributed by atoms with Crippen LogP contribution < -0.4 is 0 Å². The first-order chi connectivity index (χ1) is 5.90. The van der Waals surface area contributed by atoms with E-state index >= 15 is 0 Å². The summed E-state index contributed by atoms with van der Waals surface area (Å²) in [5, 5.41) is 9.12.